The quantitative estimate of drug-likeness (QED) is 0.831. The molecule has 16 heavy (non-hydrogen) atoms. The van der Waals surface area contributed by atoms with E-state index in [9.17, 15) is 13.2 Å². The Hall–Kier alpha value is -0.870. The molecule has 1 aliphatic carbocycles. The van der Waals surface area contributed by atoms with E-state index in [2.05, 4.69) is 0 Å². The van der Waals surface area contributed by atoms with Gasteiger partial charge in [0, 0.05) is 5.92 Å². The molecule has 86 valence electrons. The third kappa shape index (κ3) is 2.44. The van der Waals surface area contributed by atoms with Gasteiger partial charge in [0.25, 0.3) is 0 Å². The number of hydrogen-bond donors (Lipinski definition) is 0. The van der Waals surface area contributed by atoms with Crippen molar-refractivity contribution in [2.24, 2.45) is 5.92 Å². The second kappa shape index (κ2) is 4.18. The number of hydrogen-bond acceptors (Lipinski definition) is 3. The lowest BCUT2D eigenvalue weighted by Crippen LogP contribution is -2.17. The van der Waals surface area contributed by atoms with Crippen molar-refractivity contribution in [3.05, 3.63) is 29.3 Å². The highest BCUT2D eigenvalue weighted by atomic mass is 35.5. The minimum absolute atomic E-state index is 0.0442. The molecule has 0 atom stereocenters. The first-order chi connectivity index (χ1) is 7.50. The Kier molecular flexibility index (Phi) is 3.04. The number of Topliss-reactive ketones (excluding diaryl/α,β-unsaturated/α-hetero) is 1. The van der Waals surface area contributed by atoms with E-state index in [0.29, 0.717) is 0 Å². The van der Waals surface area contributed by atoms with Crippen molar-refractivity contribution in [1.29, 1.82) is 0 Å². The summed E-state index contributed by atoms with van der Waals surface area (Å²) in [5.41, 5.74) is 0. The van der Waals surface area contributed by atoms with Crippen molar-refractivity contribution >= 4 is 27.2 Å². The summed E-state index contributed by atoms with van der Waals surface area (Å²) in [6, 6.07) is 6.19. The summed E-state index contributed by atoms with van der Waals surface area (Å²) in [6.45, 7) is 0. The molecule has 0 unspecified atom stereocenters. The number of carbonyl (C=O) groups excluding carboxylic acids is 1. The third-order valence-corrected chi connectivity index (χ3v) is 4.67. The molecule has 2 rings (SSSR count). The zero-order valence-electron chi connectivity index (χ0n) is 8.52. The smallest absolute Gasteiger partial charge is 0.186 e. The summed E-state index contributed by atoms with van der Waals surface area (Å²) in [5, 5.41) is 0.172. The van der Waals surface area contributed by atoms with Gasteiger partial charge in [-0.05, 0) is 25.0 Å². The molecule has 1 aliphatic rings. The summed E-state index contributed by atoms with van der Waals surface area (Å²) in [7, 11) is -3.58. The number of sulfone groups is 1. The molecule has 1 aromatic carbocycles. The minimum Gasteiger partial charge on any atom is -0.298 e. The number of halogens is 1. The summed E-state index contributed by atoms with van der Waals surface area (Å²) in [6.07, 6.45) is 1.63. The molecule has 0 heterocycles. The lowest BCUT2D eigenvalue weighted by molar-refractivity contribution is -0.117. The van der Waals surface area contributed by atoms with E-state index in [-0.39, 0.29) is 21.6 Å². The summed E-state index contributed by atoms with van der Waals surface area (Å²) in [4.78, 5) is 11.5. The SMILES string of the molecule is O=C(CS(=O)(=O)c1ccccc1Cl)C1CC1. The van der Waals surface area contributed by atoms with Crippen molar-refractivity contribution in [2.45, 2.75) is 17.7 Å². The number of carbonyl (C=O) groups is 1. The van der Waals surface area contributed by atoms with Crippen molar-refractivity contribution < 1.29 is 13.2 Å². The second-order valence-electron chi connectivity index (χ2n) is 3.93. The van der Waals surface area contributed by atoms with Gasteiger partial charge in [-0.1, -0.05) is 23.7 Å². The second-order valence-corrected chi connectivity index (χ2v) is 6.30. The molecule has 0 N–H and O–H groups in total. The van der Waals surface area contributed by atoms with Gasteiger partial charge in [0.2, 0.25) is 0 Å². The minimum atomic E-state index is -3.58. The maximum Gasteiger partial charge on any atom is 0.186 e. The predicted molar refractivity (Wildman–Crippen MR) is 61.2 cm³/mol. The van der Waals surface area contributed by atoms with E-state index in [4.69, 9.17) is 11.6 Å². The maximum atomic E-state index is 11.9. The Bertz CT molecular complexity index is 518. The van der Waals surface area contributed by atoms with Gasteiger partial charge >= 0.3 is 0 Å². The molecule has 0 bridgehead atoms. The van der Waals surface area contributed by atoms with Crippen LogP contribution in [0.1, 0.15) is 12.8 Å². The van der Waals surface area contributed by atoms with Crippen LogP contribution >= 0.6 is 11.6 Å². The van der Waals surface area contributed by atoms with E-state index in [0.717, 1.165) is 12.8 Å². The molecule has 1 aromatic rings. The fourth-order valence-electron chi connectivity index (χ4n) is 1.49. The highest BCUT2D eigenvalue weighted by molar-refractivity contribution is 7.92. The zero-order valence-corrected chi connectivity index (χ0v) is 10.1. The molecule has 0 radical (unpaired) electrons. The van der Waals surface area contributed by atoms with Crippen LogP contribution in [0.2, 0.25) is 5.02 Å². The Morgan fingerprint density at radius 2 is 1.94 bits per heavy atom. The van der Waals surface area contributed by atoms with Crippen LogP contribution in [0.3, 0.4) is 0 Å². The van der Waals surface area contributed by atoms with Crippen LogP contribution in [0.25, 0.3) is 0 Å². The Labute approximate surface area is 99.3 Å². The van der Waals surface area contributed by atoms with Crippen LogP contribution in [0.15, 0.2) is 29.2 Å². The van der Waals surface area contributed by atoms with E-state index in [1.54, 1.807) is 12.1 Å². The molecule has 0 saturated heterocycles. The first kappa shape index (κ1) is 11.6. The lowest BCUT2D eigenvalue weighted by atomic mass is 10.3. The molecule has 5 heteroatoms. The van der Waals surface area contributed by atoms with E-state index in [1.165, 1.54) is 12.1 Å². The molecule has 0 aliphatic heterocycles. The van der Waals surface area contributed by atoms with Crippen molar-refractivity contribution in [3.8, 4) is 0 Å². The van der Waals surface area contributed by atoms with Gasteiger partial charge in [-0.3, -0.25) is 4.79 Å². The van der Waals surface area contributed by atoms with Crippen LogP contribution in [0.4, 0.5) is 0 Å². The molecule has 0 aromatic heterocycles. The van der Waals surface area contributed by atoms with Gasteiger partial charge in [-0.15, -0.1) is 0 Å². The Morgan fingerprint density at radius 3 is 2.50 bits per heavy atom. The lowest BCUT2D eigenvalue weighted by Gasteiger charge is -2.04. The fraction of sp³-hybridized carbons (Fsp3) is 0.364. The molecule has 0 spiro atoms. The first-order valence-corrected chi connectivity index (χ1v) is 7.04. The number of ketones is 1. The van der Waals surface area contributed by atoms with Gasteiger partial charge in [-0.2, -0.15) is 0 Å². The molecule has 3 nitrogen and oxygen atoms in total. The van der Waals surface area contributed by atoms with Gasteiger partial charge in [-0.25, -0.2) is 8.42 Å². The van der Waals surface area contributed by atoms with Crippen LogP contribution in [0.5, 0.6) is 0 Å². The van der Waals surface area contributed by atoms with E-state index < -0.39 is 15.6 Å². The number of benzene rings is 1. The molecule has 0 amide bonds. The van der Waals surface area contributed by atoms with Crippen LogP contribution in [-0.2, 0) is 14.6 Å². The average molecular weight is 259 g/mol. The molecule has 1 fully saturated rings. The van der Waals surface area contributed by atoms with Gasteiger partial charge in [0.05, 0.1) is 9.92 Å². The number of rotatable bonds is 4. The van der Waals surface area contributed by atoms with Crippen LogP contribution in [0, 0.1) is 5.92 Å². The van der Waals surface area contributed by atoms with E-state index in [1.807, 2.05) is 0 Å². The topological polar surface area (TPSA) is 51.2 Å². The highest BCUT2D eigenvalue weighted by Gasteiger charge is 2.33. The van der Waals surface area contributed by atoms with Crippen molar-refractivity contribution in [3.63, 3.8) is 0 Å². The van der Waals surface area contributed by atoms with Crippen LogP contribution < -0.4 is 0 Å². The maximum absolute atomic E-state index is 11.9. The summed E-state index contributed by atoms with van der Waals surface area (Å²) < 4.78 is 23.8. The van der Waals surface area contributed by atoms with Crippen molar-refractivity contribution in [2.75, 3.05) is 5.75 Å². The van der Waals surface area contributed by atoms with Gasteiger partial charge < -0.3 is 0 Å². The van der Waals surface area contributed by atoms with E-state index >= 15 is 0 Å². The van der Waals surface area contributed by atoms with Crippen molar-refractivity contribution in [1.82, 2.24) is 0 Å². The zero-order chi connectivity index (χ0) is 11.8. The monoisotopic (exact) mass is 258 g/mol. The largest absolute Gasteiger partial charge is 0.298 e. The average Bonchev–Trinajstić information content (AvgIpc) is 3.00. The van der Waals surface area contributed by atoms with Crippen LogP contribution in [-0.4, -0.2) is 20.0 Å². The molecule has 1 saturated carbocycles. The summed E-state index contributed by atoms with van der Waals surface area (Å²) >= 11 is 5.80. The normalized spacial score (nSPS) is 16.1. The summed E-state index contributed by atoms with van der Waals surface area (Å²) in [5.74, 6) is -0.668. The van der Waals surface area contributed by atoms with Gasteiger partial charge in [0.15, 0.2) is 15.6 Å². The van der Waals surface area contributed by atoms with Gasteiger partial charge in [0.1, 0.15) is 5.75 Å². The highest BCUT2D eigenvalue weighted by Crippen LogP contribution is 2.31. The fourth-order valence-corrected chi connectivity index (χ4v) is 3.39. The Morgan fingerprint density at radius 1 is 1.31 bits per heavy atom. The first-order valence-electron chi connectivity index (χ1n) is 5.01. The molecular weight excluding hydrogens is 248 g/mol. The molecular formula is C11H11ClO3S. The Balaban J connectivity index is 2.25. The third-order valence-electron chi connectivity index (χ3n) is 2.54. The standard InChI is InChI=1S/C11H11ClO3S/c12-9-3-1-2-4-11(9)16(14,15)7-10(13)8-5-6-8/h1-4,8H,5-7H2. The predicted octanol–water partition coefficient (Wildman–Crippen LogP) is 2.09.